The van der Waals surface area contributed by atoms with Gasteiger partial charge in [-0.05, 0) is 67.1 Å². The molecular formula is C23H20FN3O2S2. The van der Waals surface area contributed by atoms with Crippen molar-refractivity contribution in [3.8, 4) is 5.69 Å². The number of nitrogens with one attached hydrogen (secondary N) is 1. The molecule has 0 saturated carbocycles. The lowest BCUT2D eigenvalue weighted by molar-refractivity contribution is -0.113. The van der Waals surface area contributed by atoms with Gasteiger partial charge in [-0.1, -0.05) is 30.0 Å². The van der Waals surface area contributed by atoms with Crippen molar-refractivity contribution in [2.24, 2.45) is 0 Å². The van der Waals surface area contributed by atoms with Crippen LogP contribution in [0.3, 0.4) is 0 Å². The van der Waals surface area contributed by atoms with E-state index in [4.69, 9.17) is 0 Å². The number of nitrogens with zero attached hydrogens (tertiary/aromatic N) is 2. The molecule has 0 aliphatic rings. The second kappa shape index (κ2) is 8.64. The highest BCUT2D eigenvalue weighted by Crippen LogP contribution is 2.25. The Morgan fingerprint density at radius 1 is 1.13 bits per heavy atom. The first-order chi connectivity index (χ1) is 14.8. The summed E-state index contributed by atoms with van der Waals surface area (Å²) in [6, 6.07) is 12.1. The molecule has 0 atom stereocenters. The molecule has 8 heteroatoms. The number of hydrogen-bond acceptors (Lipinski definition) is 5. The average Bonchev–Trinajstić information content (AvgIpc) is 3.21. The van der Waals surface area contributed by atoms with Gasteiger partial charge in [-0.15, -0.1) is 11.3 Å². The maximum Gasteiger partial charge on any atom is 0.276 e. The molecular weight excluding hydrogens is 433 g/mol. The minimum absolute atomic E-state index is 0.0794. The second-order valence-electron chi connectivity index (χ2n) is 7.21. The van der Waals surface area contributed by atoms with E-state index in [0.717, 1.165) is 16.8 Å². The molecule has 4 rings (SSSR count). The second-order valence-corrected chi connectivity index (χ2v) is 9.07. The fourth-order valence-corrected chi connectivity index (χ4v) is 4.87. The van der Waals surface area contributed by atoms with Crippen molar-refractivity contribution in [1.29, 1.82) is 0 Å². The minimum atomic E-state index is -0.343. The standard InChI is InChI=1S/C23H20FN3O2S2/c1-13-5-4-6-14(2)20(13)26-19(28)12-31-23-25-18-9-10-30-21(18)22(29)27(23)16-7-8-17(24)15(3)11-16/h4-11H,12H2,1-3H3,(H,26,28). The number of aryl methyl sites for hydroxylation is 3. The van der Waals surface area contributed by atoms with Crippen LogP contribution in [0, 0.1) is 26.6 Å². The SMILES string of the molecule is Cc1cc(-n2c(SCC(=O)Nc3c(C)cccc3C)nc3ccsc3c2=O)ccc1F. The lowest BCUT2D eigenvalue weighted by Gasteiger charge is -2.14. The first kappa shape index (κ1) is 21.3. The number of carbonyl (C=O) groups is 1. The fraction of sp³-hybridized carbons (Fsp3) is 0.174. The Bertz CT molecular complexity index is 1340. The summed E-state index contributed by atoms with van der Waals surface area (Å²) in [5.41, 5.74) is 4.06. The highest BCUT2D eigenvalue weighted by Gasteiger charge is 2.17. The van der Waals surface area contributed by atoms with E-state index in [1.54, 1.807) is 30.5 Å². The van der Waals surface area contributed by atoms with Gasteiger partial charge in [0.15, 0.2) is 5.16 Å². The van der Waals surface area contributed by atoms with Gasteiger partial charge < -0.3 is 5.32 Å². The number of aromatic nitrogens is 2. The summed E-state index contributed by atoms with van der Waals surface area (Å²) >= 11 is 2.48. The Hall–Kier alpha value is -2.97. The largest absolute Gasteiger partial charge is 0.325 e. The van der Waals surface area contributed by atoms with Gasteiger partial charge in [0.1, 0.15) is 10.5 Å². The molecule has 5 nitrogen and oxygen atoms in total. The van der Waals surface area contributed by atoms with E-state index in [-0.39, 0.29) is 23.0 Å². The molecule has 2 aromatic heterocycles. The highest BCUT2D eigenvalue weighted by atomic mass is 32.2. The molecule has 0 radical (unpaired) electrons. The van der Waals surface area contributed by atoms with E-state index < -0.39 is 0 Å². The van der Waals surface area contributed by atoms with Crippen molar-refractivity contribution in [3.05, 3.63) is 80.7 Å². The number of amides is 1. The number of anilines is 1. The molecule has 1 amide bonds. The summed E-state index contributed by atoms with van der Waals surface area (Å²) in [5.74, 6) is -0.455. The van der Waals surface area contributed by atoms with Crippen molar-refractivity contribution in [1.82, 2.24) is 9.55 Å². The summed E-state index contributed by atoms with van der Waals surface area (Å²) in [4.78, 5) is 30.4. The quantitative estimate of drug-likeness (QED) is 0.331. The third-order valence-corrected chi connectivity index (χ3v) is 6.76. The zero-order chi connectivity index (χ0) is 22.1. The fourth-order valence-electron chi connectivity index (χ4n) is 3.30. The number of thioether (sulfide) groups is 1. The molecule has 158 valence electrons. The van der Waals surface area contributed by atoms with Crippen molar-refractivity contribution >= 4 is 44.9 Å². The smallest absolute Gasteiger partial charge is 0.276 e. The predicted molar refractivity (Wildman–Crippen MR) is 125 cm³/mol. The number of fused-ring (bicyclic) bond motifs is 1. The van der Waals surface area contributed by atoms with Gasteiger partial charge in [0.2, 0.25) is 5.91 Å². The molecule has 0 saturated heterocycles. The molecule has 31 heavy (non-hydrogen) atoms. The monoisotopic (exact) mass is 453 g/mol. The summed E-state index contributed by atoms with van der Waals surface area (Å²) in [6.45, 7) is 5.53. The Balaban J connectivity index is 1.67. The van der Waals surface area contributed by atoms with Crippen LogP contribution in [0.4, 0.5) is 10.1 Å². The summed E-state index contributed by atoms with van der Waals surface area (Å²) in [5, 5.41) is 5.14. The van der Waals surface area contributed by atoms with Crippen LogP contribution in [-0.4, -0.2) is 21.2 Å². The third kappa shape index (κ3) is 4.26. The van der Waals surface area contributed by atoms with Crippen LogP contribution < -0.4 is 10.9 Å². The van der Waals surface area contributed by atoms with E-state index in [0.29, 0.717) is 26.6 Å². The molecule has 0 bridgehead atoms. The zero-order valence-corrected chi connectivity index (χ0v) is 18.9. The molecule has 0 spiro atoms. The van der Waals surface area contributed by atoms with Crippen LogP contribution in [0.2, 0.25) is 0 Å². The van der Waals surface area contributed by atoms with E-state index in [1.165, 1.54) is 33.7 Å². The van der Waals surface area contributed by atoms with Gasteiger partial charge in [-0.2, -0.15) is 0 Å². The summed E-state index contributed by atoms with van der Waals surface area (Å²) < 4.78 is 15.8. The minimum Gasteiger partial charge on any atom is -0.325 e. The number of benzene rings is 2. The number of para-hydroxylation sites is 1. The molecule has 0 unspecified atom stereocenters. The predicted octanol–water partition coefficient (Wildman–Crippen LogP) is 5.24. The topological polar surface area (TPSA) is 64.0 Å². The van der Waals surface area contributed by atoms with Crippen LogP contribution in [-0.2, 0) is 4.79 Å². The number of halogens is 1. The van der Waals surface area contributed by atoms with Gasteiger partial charge in [0.25, 0.3) is 5.56 Å². The van der Waals surface area contributed by atoms with E-state index >= 15 is 0 Å². The highest BCUT2D eigenvalue weighted by molar-refractivity contribution is 7.99. The van der Waals surface area contributed by atoms with Crippen LogP contribution in [0.5, 0.6) is 0 Å². The van der Waals surface area contributed by atoms with Crippen molar-refractivity contribution < 1.29 is 9.18 Å². The maximum absolute atomic E-state index is 13.8. The van der Waals surface area contributed by atoms with Crippen LogP contribution in [0.15, 0.2) is 57.8 Å². The maximum atomic E-state index is 13.8. The number of hydrogen-bond donors (Lipinski definition) is 1. The van der Waals surface area contributed by atoms with Gasteiger partial charge in [-0.25, -0.2) is 9.37 Å². The molecule has 0 fully saturated rings. The van der Waals surface area contributed by atoms with E-state index in [9.17, 15) is 14.0 Å². The molecule has 4 aromatic rings. The Kier molecular flexibility index (Phi) is 5.93. The zero-order valence-electron chi connectivity index (χ0n) is 17.2. The molecule has 0 aliphatic carbocycles. The number of rotatable bonds is 5. The van der Waals surface area contributed by atoms with Crippen molar-refractivity contribution in [2.75, 3.05) is 11.1 Å². The van der Waals surface area contributed by atoms with Crippen molar-refractivity contribution in [3.63, 3.8) is 0 Å². The van der Waals surface area contributed by atoms with Crippen LogP contribution in [0.1, 0.15) is 16.7 Å². The van der Waals surface area contributed by atoms with Gasteiger partial charge >= 0.3 is 0 Å². The number of thiophene rings is 1. The van der Waals surface area contributed by atoms with Crippen LogP contribution in [0.25, 0.3) is 15.9 Å². The Morgan fingerprint density at radius 2 is 1.87 bits per heavy atom. The van der Waals surface area contributed by atoms with Crippen molar-refractivity contribution in [2.45, 2.75) is 25.9 Å². The van der Waals surface area contributed by atoms with Gasteiger partial charge in [0.05, 0.1) is 17.0 Å². The average molecular weight is 454 g/mol. The first-order valence-electron chi connectivity index (χ1n) is 9.61. The van der Waals surface area contributed by atoms with E-state index in [1.807, 2.05) is 32.0 Å². The van der Waals surface area contributed by atoms with Crippen LogP contribution >= 0.6 is 23.1 Å². The lowest BCUT2D eigenvalue weighted by Crippen LogP contribution is -2.22. The normalized spacial score (nSPS) is 11.1. The lowest BCUT2D eigenvalue weighted by atomic mass is 10.1. The molecule has 2 aromatic carbocycles. The third-order valence-electron chi connectivity index (χ3n) is 4.93. The van der Waals surface area contributed by atoms with Gasteiger partial charge in [0, 0.05) is 5.69 Å². The van der Waals surface area contributed by atoms with Gasteiger partial charge in [-0.3, -0.25) is 14.2 Å². The molecule has 2 heterocycles. The van der Waals surface area contributed by atoms with E-state index in [2.05, 4.69) is 10.3 Å². The summed E-state index contributed by atoms with van der Waals surface area (Å²) in [7, 11) is 0. The molecule has 0 aliphatic heterocycles. The first-order valence-corrected chi connectivity index (χ1v) is 11.5. The Morgan fingerprint density at radius 3 is 2.58 bits per heavy atom. The Labute approximate surface area is 187 Å². The number of carbonyl (C=O) groups excluding carboxylic acids is 1. The summed E-state index contributed by atoms with van der Waals surface area (Å²) in [6.07, 6.45) is 0. The molecule has 1 N–H and O–H groups in total.